The maximum Gasteiger partial charge on any atom is 0.244 e. The molecule has 1 unspecified atom stereocenters. The fourth-order valence-electron chi connectivity index (χ4n) is 2.00. The number of carbonyl (C=O) groups excluding carboxylic acids is 2. The average Bonchev–Trinajstić information content (AvgIpc) is 2.28. The first-order chi connectivity index (χ1) is 8.06. The quantitative estimate of drug-likeness (QED) is 0.726. The topological polar surface area (TPSA) is 61.4 Å². The van der Waals surface area contributed by atoms with Gasteiger partial charge in [-0.3, -0.25) is 9.59 Å². The molecule has 1 fully saturated rings. The van der Waals surface area contributed by atoms with E-state index in [0.717, 1.165) is 6.54 Å². The summed E-state index contributed by atoms with van der Waals surface area (Å²) in [6.07, 6.45) is 0.510. The van der Waals surface area contributed by atoms with Crippen molar-refractivity contribution < 1.29 is 9.59 Å². The molecule has 0 aromatic heterocycles. The summed E-state index contributed by atoms with van der Waals surface area (Å²) in [5.74, 6) is 0.349. The standard InChI is InChI=1S/C12H23N3O2/c1-4-14-12(17)10-8-13-5-6-15(10)11(16)7-9(2)3/h9-10,13H,4-8H2,1-3H3,(H,14,17). The van der Waals surface area contributed by atoms with Crippen LogP contribution in [0.5, 0.6) is 0 Å². The highest BCUT2D eigenvalue weighted by Gasteiger charge is 2.31. The fourth-order valence-corrected chi connectivity index (χ4v) is 2.00. The van der Waals surface area contributed by atoms with Crippen LogP contribution in [0.3, 0.4) is 0 Å². The Morgan fingerprint density at radius 2 is 2.18 bits per heavy atom. The van der Waals surface area contributed by atoms with Crippen LogP contribution >= 0.6 is 0 Å². The minimum absolute atomic E-state index is 0.0585. The first kappa shape index (κ1) is 14.0. The van der Waals surface area contributed by atoms with Crippen molar-refractivity contribution in [2.45, 2.75) is 33.2 Å². The molecule has 2 amide bonds. The van der Waals surface area contributed by atoms with Gasteiger partial charge in [-0.25, -0.2) is 0 Å². The Balaban J connectivity index is 2.65. The minimum atomic E-state index is -0.352. The lowest BCUT2D eigenvalue weighted by atomic mass is 10.1. The van der Waals surface area contributed by atoms with Crippen LogP contribution in [0.25, 0.3) is 0 Å². The van der Waals surface area contributed by atoms with Crippen LogP contribution in [0.2, 0.25) is 0 Å². The Morgan fingerprint density at radius 3 is 2.76 bits per heavy atom. The van der Waals surface area contributed by atoms with E-state index in [2.05, 4.69) is 10.6 Å². The van der Waals surface area contributed by atoms with Gasteiger partial charge in [-0.1, -0.05) is 13.8 Å². The molecular weight excluding hydrogens is 218 g/mol. The molecule has 0 radical (unpaired) electrons. The number of rotatable bonds is 4. The van der Waals surface area contributed by atoms with Gasteiger partial charge in [0.15, 0.2) is 0 Å². The lowest BCUT2D eigenvalue weighted by Crippen LogP contribution is -2.59. The van der Waals surface area contributed by atoms with E-state index >= 15 is 0 Å². The second-order valence-electron chi connectivity index (χ2n) is 4.80. The second-order valence-corrected chi connectivity index (χ2v) is 4.80. The number of nitrogens with one attached hydrogen (secondary N) is 2. The van der Waals surface area contributed by atoms with Crippen molar-refractivity contribution in [3.05, 3.63) is 0 Å². The van der Waals surface area contributed by atoms with Crippen LogP contribution in [0.1, 0.15) is 27.2 Å². The summed E-state index contributed by atoms with van der Waals surface area (Å²) in [7, 11) is 0. The van der Waals surface area contributed by atoms with Crippen LogP contribution in [0, 0.1) is 5.92 Å². The molecule has 0 aromatic rings. The summed E-state index contributed by atoms with van der Waals surface area (Å²) < 4.78 is 0. The minimum Gasteiger partial charge on any atom is -0.355 e. The van der Waals surface area contributed by atoms with Gasteiger partial charge in [0.2, 0.25) is 11.8 Å². The van der Waals surface area contributed by atoms with E-state index in [1.54, 1.807) is 4.90 Å². The molecule has 0 bridgehead atoms. The van der Waals surface area contributed by atoms with E-state index in [1.807, 2.05) is 20.8 Å². The number of amides is 2. The van der Waals surface area contributed by atoms with Gasteiger partial charge in [0.1, 0.15) is 6.04 Å². The number of nitrogens with zero attached hydrogens (tertiary/aromatic N) is 1. The van der Waals surface area contributed by atoms with E-state index in [0.29, 0.717) is 32.0 Å². The second kappa shape index (κ2) is 6.59. The predicted molar refractivity (Wildman–Crippen MR) is 66.5 cm³/mol. The molecule has 0 aliphatic carbocycles. The third-order valence-corrected chi connectivity index (χ3v) is 2.80. The number of likely N-dealkylation sites (N-methyl/N-ethyl adjacent to an activating group) is 1. The normalized spacial score (nSPS) is 20.5. The van der Waals surface area contributed by atoms with Crippen LogP contribution in [0.4, 0.5) is 0 Å². The zero-order valence-electron chi connectivity index (χ0n) is 11.0. The molecular formula is C12H23N3O2. The molecule has 1 heterocycles. The molecule has 0 saturated carbocycles. The van der Waals surface area contributed by atoms with E-state index < -0.39 is 0 Å². The molecule has 1 rings (SSSR count). The molecule has 1 aliphatic rings. The molecule has 5 nitrogen and oxygen atoms in total. The molecule has 1 aliphatic heterocycles. The van der Waals surface area contributed by atoms with Gasteiger partial charge in [0.05, 0.1) is 0 Å². The number of carbonyl (C=O) groups is 2. The summed E-state index contributed by atoms with van der Waals surface area (Å²) in [5.41, 5.74) is 0. The van der Waals surface area contributed by atoms with E-state index in [1.165, 1.54) is 0 Å². The smallest absolute Gasteiger partial charge is 0.244 e. The number of piperazine rings is 1. The Kier molecular flexibility index (Phi) is 5.41. The first-order valence-corrected chi connectivity index (χ1v) is 6.34. The van der Waals surface area contributed by atoms with Gasteiger partial charge in [0, 0.05) is 32.6 Å². The molecule has 1 saturated heterocycles. The van der Waals surface area contributed by atoms with Crippen LogP contribution in [-0.4, -0.2) is 48.9 Å². The summed E-state index contributed by atoms with van der Waals surface area (Å²) in [4.78, 5) is 25.6. The van der Waals surface area contributed by atoms with Crippen molar-refractivity contribution in [3.63, 3.8) is 0 Å². The zero-order valence-corrected chi connectivity index (χ0v) is 11.0. The summed E-state index contributed by atoms with van der Waals surface area (Å²) in [5, 5.41) is 5.94. The van der Waals surface area contributed by atoms with Gasteiger partial charge in [-0.2, -0.15) is 0 Å². The predicted octanol–water partition coefficient (Wildman–Crippen LogP) is -0.0310. The van der Waals surface area contributed by atoms with Crippen molar-refractivity contribution in [1.82, 2.24) is 15.5 Å². The van der Waals surface area contributed by atoms with Crippen LogP contribution in [-0.2, 0) is 9.59 Å². The highest BCUT2D eigenvalue weighted by atomic mass is 16.2. The van der Waals surface area contributed by atoms with Gasteiger partial charge in [0.25, 0.3) is 0 Å². The summed E-state index contributed by atoms with van der Waals surface area (Å²) in [6.45, 7) is 8.45. The van der Waals surface area contributed by atoms with Crippen molar-refractivity contribution in [2.75, 3.05) is 26.2 Å². The average molecular weight is 241 g/mol. The molecule has 5 heteroatoms. The zero-order chi connectivity index (χ0) is 12.8. The molecule has 0 spiro atoms. The summed E-state index contributed by atoms with van der Waals surface area (Å²) >= 11 is 0. The Morgan fingerprint density at radius 1 is 1.47 bits per heavy atom. The van der Waals surface area contributed by atoms with Gasteiger partial charge in [-0.05, 0) is 12.8 Å². The van der Waals surface area contributed by atoms with Crippen molar-refractivity contribution in [2.24, 2.45) is 5.92 Å². The lowest BCUT2D eigenvalue weighted by molar-refractivity contribution is -0.142. The van der Waals surface area contributed by atoms with Crippen molar-refractivity contribution in [3.8, 4) is 0 Å². The van der Waals surface area contributed by atoms with Gasteiger partial charge in [-0.15, -0.1) is 0 Å². The van der Waals surface area contributed by atoms with Gasteiger partial charge >= 0.3 is 0 Å². The molecule has 0 aromatic carbocycles. The fraction of sp³-hybridized carbons (Fsp3) is 0.833. The monoisotopic (exact) mass is 241 g/mol. The van der Waals surface area contributed by atoms with Crippen LogP contribution in [0.15, 0.2) is 0 Å². The Hall–Kier alpha value is -1.10. The summed E-state index contributed by atoms with van der Waals surface area (Å²) in [6, 6.07) is -0.352. The number of hydrogen-bond acceptors (Lipinski definition) is 3. The van der Waals surface area contributed by atoms with Crippen molar-refractivity contribution >= 4 is 11.8 Å². The highest BCUT2D eigenvalue weighted by Crippen LogP contribution is 2.10. The Labute approximate surface area is 103 Å². The molecule has 1 atom stereocenters. The highest BCUT2D eigenvalue weighted by molar-refractivity contribution is 5.88. The number of hydrogen-bond donors (Lipinski definition) is 2. The first-order valence-electron chi connectivity index (χ1n) is 6.34. The van der Waals surface area contributed by atoms with E-state index in [-0.39, 0.29) is 17.9 Å². The maximum absolute atomic E-state index is 12.0. The van der Waals surface area contributed by atoms with Gasteiger partial charge < -0.3 is 15.5 Å². The largest absolute Gasteiger partial charge is 0.355 e. The molecule has 17 heavy (non-hydrogen) atoms. The SMILES string of the molecule is CCNC(=O)C1CNCCN1C(=O)CC(C)C. The van der Waals surface area contributed by atoms with Crippen molar-refractivity contribution in [1.29, 1.82) is 0 Å². The molecule has 98 valence electrons. The lowest BCUT2D eigenvalue weighted by Gasteiger charge is -2.35. The third kappa shape index (κ3) is 4.00. The molecule has 2 N–H and O–H groups in total. The maximum atomic E-state index is 12.0. The van der Waals surface area contributed by atoms with E-state index in [9.17, 15) is 9.59 Å². The Bertz CT molecular complexity index is 279. The van der Waals surface area contributed by atoms with E-state index in [4.69, 9.17) is 0 Å². The third-order valence-electron chi connectivity index (χ3n) is 2.80. The van der Waals surface area contributed by atoms with Crippen LogP contribution < -0.4 is 10.6 Å².